The highest BCUT2D eigenvalue weighted by Crippen LogP contribution is 2.35. The lowest BCUT2D eigenvalue weighted by molar-refractivity contribution is -0.374. The molecule has 25 atom stereocenters. The maximum atomic E-state index is 12.3. The van der Waals surface area contributed by atoms with Gasteiger partial charge in [0.2, 0.25) is 0 Å². The van der Waals surface area contributed by atoms with Crippen LogP contribution in [-0.4, -0.2) is 257 Å². The van der Waals surface area contributed by atoms with Crippen molar-refractivity contribution < 1.29 is 124 Å². The zero-order chi connectivity index (χ0) is 43.1. The molecule has 0 spiro atoms. The van der Waals surface area contributed by atoms with E-state index in [0.717, 1.165) is 0 Å². The molecule has 20 N–H and O–H groups in total. The lowest BCUT2D eigenvalue weighted by Gasteiger charge is -2.49. The molecule has 0 aromatic carbocycles. The molecule has 5 rings (SSSR count). The van der Waals surface area contributed by atoms with Gasteiger partial charge in [-0.05, 0) is 0 Å². The van der Waals surface area contributed by atoms with Gasteiger partial charge in [0.1, 0.15) is 91.6 Å². The first-order valence-corrected chi connectivity index (χ1v) is 17.8. The molecule has 5 aliphatic rings. The van der Waals surface area contributed by atoms with E-state index in [1.54, 1.807) is 0 Å². The molecule has 0 bridgehead atoms. The number of hydrogen-bond donors (Lipinski definition) is 17. The van der Waals surface area contributed by atoms with Crippen LogP contribution in [0, 0.1) is 0 Å². The summed E-state index contributed by atoms with van der Waals surface area (Å²) in [5, 5.41) is 145. The normalized spacial score (nSPS) is 51.6. The summed E-state index contributed by atoms with van der Waals surface area (Å²) in [4.78, 5) is 24.6. The summed E-state index contributed by atoms with van der Waals surface area (Å²) in [6.07, 6.45) is -42.1. The second kappa shape index (κ2) is 19.4. The quantitative estimate of drug-likeness (QED) is 0.0818. The highest BCUT2D eigenvalue weighted by molar-refractivity contribution is 5.74. The van der Waals surface area contributed by atoms with Crippen LogP contribution in [0.5, 0.6) is 0 Å². The number of rotatable bonds is 13. The molecular formula is C30H51N3O25. The van der Waals surface area contributed by atoms with Crippen molar-refractivity contribution in [2.75, 3.05) is 19.8 Å². The van der Waals surface area contributed by atoms with Gasteiger partial charge in [-0.3, -0.25) is 0 Å². The summed E-state index contributed by atoms with van der Waals surface area (Å²) >= 11 is 0. The third-order valence-corrected chi connectivity index (χ3v) is 10.5. The molecule has 0 aromatic rings. The Hall–Kier alpha value is -2.02. The number of nitrogens with two attached hydrogens (primary N) is 3. The average Bonchev–Trinajstić information content (AvgIpc) is 3.19. The number of carboxylic acid groups (broad SMARTS) is 2. The molecule has 0 amide bonds. The Morgan fingerprint density at radius 3 is 1.19 bits per heavy atom. The molecule has 5 saturated heterocycles. The molecule has 0 aromatic heterocycles. The summed E-state index contributed by atoms with van der Waals surface area (Å²) in [6, 6.07) is -4.81. The van der Waals surface area contributed by atoms with E-state index >= 15 is 0 Å². The lowest BCUT2D eigenvalue weighted by atomic mass is 9.94. The lowest BCUT2D eigenvalue weighted by Crippen LogP contribution is -2.70. The largest absolute Gasteiger partial charge is 0.479 e. The van der Waals surface area contributed by atoms with Gasteiger partial charge in [-0.25, -0.2) is 9.59 Å². The Bertz CT molecular complexity index is 1370. The van der Waals surface area contributed by atoms with E-state index in [1.165, 1.54) is 0 Å². The second-order valence-corrected chi connectivity index (χ2v) is 14.3. The minimum Gasteiger partial charge on any atom is -0.479 e. The fourth-order valence-corrected chi connectivity index (χ4v) is 7.09. The second-order valence-electron chi connectivity index (χ2n) is 14.3. The van der Waals surface area contributed by atoms with Crippen LogP contribution in [0.15, 0.2) is 0 Å². The molecule has 1 unspecified atom stereocenters. The van der Waals surface area contributed by atoms with Crippen molar-refractivity contribution in [3.05, 3.63) is 0 Å². The summed E-state index contributed by atoms with van der Waals surface area (Å²) in [5.74, 6) is -3.61. The van der Waals surface area contributed by atoms with Crippen molar-refractivity contribution >= 4 is 11.9 Å². The van der Waals surface area contributed by atoms with Gasteiger partial charge < -0.3 is 131 Å². The number of aliphatic hydroxyl groups excluding tert-OH is 12. The maximum absolute atomic E-state index is 12.3. The van der Waals surface area contributed by atoms with Crippen molar-refractivity contribution in [1.82, 2.24) is 0 Å². The monoisotopic (exact) mass is 853 g/mol. The van der Waals surface area contributed by atoms with Crippen molar-refractivity contribution in [2.24, 2.45) is 17.2 Å². The minimum atomic E-state index is -2.21. The van der Waals surface area contributed by atoms with Crippen LogP contribution in [0.3, 0.4) is 0 Å². The van der Waals surface area contributed by atoms with Crippen LogP contribution in [0.1, 0.15) is 0 Å². The van der Waals surface area contributed by atoms with E-state index in [9.17, 15) is 81.1 Å². The van der Waals surface area contributed by atoms with Gasteiger partial charge in [-0.2, -0.15) is 0 Å². The highest BCUT2D eigenvalue weighted by Gasteiger charge is 2.57. The van der Waals surface area contributed by atoms with Crippen molar-refractivity contribution in [3.63, 3.8) is 0 Å². The molecule has 28 nitrogen and oxygen atoms in total. The van der Waals surface area contributed by atoms with Crippen molar-refractivity contribution in [1.29, 1.82) is 0 Å². The number of ether oxygens (including phenoxy) is 9. The Balaban J connectivity index is 1.26. The first-order valence-electron chi connectivity index (χ1n) is 17.8. The van der Waals surface area contributed by atoms with Gasteiger partial charge in [-0.15, -0.1) is 0 Å². The van der Waals surface area contributed by atoms with Crippen LogP contribution in [0.4, 0.5) is 0 Å². The first kappa shape index (κ1) is 47.0. The van der Waals surface area contributed by atoms with E-state index in [2.05, 4.69) is 0 Å². The molecular weight excluding hydrogens is 802 g/mol. The topological polar surface area (TPSA) is 478 Å². The van der Waals surface area contributed by atoms with Crippen LogP contribution >= 0.6 is 0 Å². The standard InChI is InChI=1S/C30H51N3O25/c31-7-12(39)18(5(2-35)50-26(7)49)53-29-16(43)15(42)21(23(57-29)25(47)48)56-28-9(33)13(40)19(6(3-36)52-28)54-30-17(44)14(41)20(22(58-30)24(45)46)55-27-8(32)11(38)10(37)4(1-34)51-27/h4-23,26-30,34-44,49H,1-3,31-33H2,(H,45,46)(H,47,48)/t4-,5-,6-,7-,8-,9-,10-,11-,12-,13-,14-,15-,16-,17-,18-,19-,20+,21+,22-,23+,26?,27-,28-,29-,30-/m1/s1. The third kappa shape index (κ3) is 9.25. The highest BCUT2D eigenvalue weighted by atomic mass is 16.8. The van der Waals surface area contributed by atoms with E-state index in [-0.39, 0.29) is 0 Å². The number of aliphatic hydroxyl groups is 12. The van der Waals surface area contributed by atoms with E-state index in [4.69, 9.17) is 59.8 Å². The maximum Gasteiger partial charge on any atom is 0.335 e. The zero-order valence-electron chi connectivity index (χ0n) is 30.0. The van der Waals surface area contributed by atoms with Crippen LogP contribution in [0.2, 0.25) is 0 Å². The molecule has 0 saturated carbocycles. The SMILES string of the molecule is N[C@H]1[C@@H](O[C@H]2[C@H](O)[C@@H](O)[C@H](O[C@H]3[C@H](O)[C@@H](N)[C@@H](O[C@H]4[C@H](O)[C@@H](O)[C@H](O[C@H]5[C@H](O)[C@@H](N)C(O)O[C@@H]5CO)O[C@@H]4C(=O)O)O[C@@H]3CO)O[C@H]2C(=O)O)O[C@H](CO)[C@@H](O)[C@@H]1O. The van der Waals surface area contributed by atoms with Gasteiger partial charge >= 0.3 is 11.9 Å². The van der Waals surface area contributed by atoms with Gasteiger partial charge in [0.25, 0.3) is 0 Å². The average molecular weight is 854 g/mol. The van der Waals surface area contributed by atoms with Crippen LogP contribution in [0.25, 0.3) is 0 Å². The summed E-state index contributed by atoms with van der Waals surface area (Å²) in [6.45, 7) is -2.71. The van der Waals surface area contributed by atoms with Crippen molar-refractivity contribution in [3.8, 4) is 0 Å². The molecule has 0 aliphatic carbocycles. The van der Waals surface area contributed by atoms with Gasteiger partial charge in [0.15, 0.2) is 43.7 Å². The fourth-order valence-electron chi connectivity index (χ4n) is 7.09. The number of carboxylic acids is 2. The first-order chi connectivity index (χ1) is 27.3. The molecule has 5 fully saturated rings. The minimum absolute atomic E-state index is 0.828. The number of hydrogen-bond acceptors (Lipinski definition) is 26. The Labute approximate surface area is 326 Å². The Morgan fingerprint density at radius 2 is 0.776 bits per heavy atom. The van der Waals surface area contributed by atoms with E-state index in [0.29, 0.717) is 0 Å². The fraction of sp³-hybridized carbons (Fsp3) is 0.933. The predicted octanol–water partition coefficient (Wildman–Crippen LogP) is -11.8. The summed E-state index contributed by atoms with van der Waals surface area (Å²) in [7, 11) is 0. The number of aliphatic carboxylic acids is 2. The van der Waals surface area contributed by atoms with Gasteiger partial charge in [-0.1, -0.05) is 0 Å². The molecule has 0 radical (unpaired) electrons. The van der Waals surface area contributed by atoms with E-state index in [1.807, 2.05) is 0 Å². The molecule has 28 heteroatoms. The molecule has 336 valence electrons. The van der Waals surface area contributed by atoms with Crippen LogP contribution in [-0.2, 0) is 52.2 Å². The Kier molecular flexibility index (Phi) is 15.7. The molecule has 58 heavy (non-hydrogen) atoms. The van der Waals surface area contributed by atoms with Gasteiger partial charge in [0.05, 0.1) is 37.9 Å². The van der Waals surface area contributed by atoms with E-state index < -0.39 is 185 Å². The smallest absolute Gasteiger partial charge is 0.335 e. The Morgan fingerprint density at radius 1 is 0.414 bits per heavy atom. The molecule has 5 heterocycles. The zero-order valence-corrected chi connectivity index (χ0v) is 30.0. The molecule has 5 aliphatic heterocycles. The van der Waals surface area contributed by atoms with Crippen molar-refractivity contribution in [2.45, 2.75) is 153 Å². The predicted molar refractivity (Wildman–Crippen MR) is 174 cm³/mol. The summed E-state index contributed by atoms with van der Waals surface area (Å²) in [5.41, 5.74) is 17.7. The summed E-state index contributed by atoms with van der Waals surface area (Å²) < 4.78 is 48.8. The number of carbonyl (C=O) groups is 2. The van der Waals surface area contributed by atoms with Gasteiger partial charge in [0, 0.05) is 0 Å². The third-order valence-electron chi connectivity index (χ3n) is 10.5. The van der Waals surface area contributed by atoms with Crippen LogP contribution < -0.4 is 17.2 Å².